The summed E-state index contributed by atoms with van der Waals surface area (Å²) in [5.74, 6) is -0.929. The topological polar surface area (TPSA) is 58.9 Å². The van der Waals surface area contributed by atoms with E-state index in [1.54, 1.807) is 6.08 Å². The maximum atomic E-state index is 12.9. The predicted octanol–water partition coefficient (Wildman–Crippen LogP) is 5.88. The zero-order valence-electron chi connectivity index (χ0n) is 17.1. The van der Waals surface area contributed by atoms with E-state index in [4.69, 9.17) is 16.4 Å². The molecule has 0 amide bonds. The SMILES string of the molecule is CCC/C(=N\OCC)C1C(=O)CC(c2c(C)c(C)c(C)c(C)c2Cl)C=C1O. The summed E-state index contributed by atoms with van der Waals surface area (Å²) in [6, 6.07) is 0. The molecule has 0 spiro atoms. The van der Waals surface area contributed by atoms with Crippen molar-refractivity contribution in [3.05, 3.63) is 44.7 Å². The molecule has 0 saturated heterocycles. The minimum absolute atomic E-state index is 0.0433. The Morgan fingerprint density at radius 1 is 1.19 bits per heavy atom. The van der Waals surface area contributed by atoms with Gasteiger partial charge in [-0.25, -0.2) is 0 Å². The Hall–Kier alpha value is -1.81. The Kier molecular flexibility index (Phi) is 7.10. The van der Waals surface area contributed by atoms with E-state index in [2.05, 4.69) is 19.0 Å². The van der Waals surface area contributed by atoms with Gasteiger partial charge in [0.1, 0.15) is 24.1 Å². The van der Waals surface area contributed by atoms with E-state index in [9.17, 15) is 9.90 Å². The number of hydrogen-bond donors (Lipinski definition) is 1. The molecule has 27 heavy (non-hydrogen) atoms. The van der Waals surface area contributed by atoms with E-state index >= 15 is 0 Å². The summed E-state index contributed by atoms with van der Waals surface area (Å²) in [6.07, 6.45) is 3.51. The lowest BCUT2D eigenvalue weighted by Gasteiger charge is -2.28. The minimum atomic E-state index is -0.709. The van der Waals surface area contributed by atoms with Crippen molar-refractivity contribution in [3.63, 3.8) is 0 Å². The highest BCUT2D eigenvalue weighted by atomic mass is 35.5. The summed E-state index contributed by atoms with van der Waals surface area (Å²) >= 11 is 6.66. The lowest BCUT2D eigenvalue weighted by Crippen LogP contribution is -2.31. The van der Waals surface area contributed by atoms with Crippen molar-refractivity contribution in [3.8, 4) is 0 Å². The van der Waals surface area contributed by atoms with Crippen molar-refractivity contribution in [1.82, 2.24) is 0 Å². The molecule has 148 valence electrons. The van der Waals surface area contributed by atoms with Crippen LogP contribution in [-0.2, 0) is 9.63 Å². The van der Waals surface area contributed by atoms with Gasteiger partial charge in [-0.15, -0.1) is 0 Å². The second-order valence-electron chi connectivity index (χ2n) is 7.28. The number of allylic oxidation sites excluding steroid dienone is 2. The standard InChI is InChI=1S/C22H30ClNO3/c1-7-9-17(24-27-8-2)21-18(25)10-16(11-19(21)26)20-14(5)12(3)13(4)15(6)22(20)23/h10,16,21,25H,7-9,11H2,1-6H3/b24-17+. The monoisotopic (exact) mass is 391 g/mol. The van der Waals surface area contributed by atoms with E-state index in [1.807, 2.05) is 27.7 Å². The number of Topliss-reactive ketones (excluding diaryl/α,β-unsaturated/α-hetero) is 1. The van der Waals surface area contributed by atoms with Crippen LogP contribution in [0.2, 0.25) is 5.02 Å². The molecular formula is C22H30ClNO3. The first-order valence-corrected chi connectivity index (χ1v) is 10.00. The molecule has 2 rings (SSSR count). The van der Waals surface area contributed by atoms with Gasteiger partial charge in [-0.1, -0.05) is 30.1 Å². The van der Waals surface area contributed by atoms with Crippen molar-refractivity contribution in [2.24, 2.45) is 11.1 Å². The summed E-state index contributed by atoms with van der Waals surface area (Å²) in [6.45, 7) is 12.4. The molecule has 0 aliphatic heterocycles. The Labute approximate surface area is 167 Å². The van der Waals surface area contributed by atoms with E-state index in [-0.39, 0.29) is 17.5 Å². The van der Waals surface area contributed by atoms with Crippen LogP contribution < -0.4 is 0 Å². The quantitative estimate of drug-likeness (QED) is 0.486. The number of rotatable bonds is 6. The first-order chi connectivity index (χ1) is 12.7. The predicted molar refractivity (Wildman–Crippen MR) is 111 cm³/mol. The van der Waals surface area contributed by atoms with E-state index in [1.165, 1.54) is 11.1 Å². The third-order valence-corrected chi connectivity index (χ3v) is 6.08. The lowest BCUT2D eigenvalue weighted by molar-refractivity contribution is -0.121. The second-order valence-corrected chi connectivity index (χ2v) is 7.66. The van der Waals surface area contributed by atoms with Crippen LogP contribution >= 0.6 is 11.6 Å². The summed E-state index contributed by atoms with van der Waals surface area (Å²) in [5.41, 5.74) is 5.99. The average molecular weight is 392 g/mol. The second kappa shape index (κ2) is 8.92. The molecule has 2 unspecified atom stereocenters. The van der Waals surface area contributed by atoms with Crippen molar-refractivity contribution in [1.29, 1.82) is 0 Å². The van der Waals surface area contributed by atoms with Crippen LogP contribution in [0.5, 0.6) is 0 Å². The number of nitrogens with zero attached hydrogens (tertiary/aromatic N) is 1. The van der Waals surface area contributed by atoms with Crippen molar-refractivity contribution in [2.45, 2.75) is 66.7 Å². The molecule has 0 saturated carbocycles. The largest absolute Gasteiger partial charge is 0.511 e. The van der Waals surface area contributed by atoms with E-state index < -0.39 is 5.92 Å². The normalized spacial score (nSPS) is 20.6. The zero-order valence-corrected chi connectivity index (χ0v) is 17.9. The highest BCUT2D eigenvalue weighted by Crippen LogP contribution is 2.41. The smallest absolute Gasteiger partial charge is 0.150 e. The van der Waals surface area contributed by atoms with Crippen LogP contribution in [-0.4, -0.2) is 23.2 Å². The molecule has 1 aliphatic carbocycles. The van der Waals surface area contributed by atoms with Crippen molar-refractivity contribution in [2.75, 3.05) is 6.61 Å². The third kappa shape index (κ3) is 4.21. The number of aliphatic hydroxyl groups is 1. The number of hydrogen-bond acceptors (Lipinski definition) is 4. The molecule has 0 heterocycles. The van der Waals surface area contributed by atoms with E-state index in [0.29, 0.717) is 30.2 Å². The highest BCUT2D eigenvalue weighted by molar-refractivity contribution is 6.32. The molecule has 2 atom stereocenters. The number of aliphatic hydroxyl groups excluding tert-OH is 1. The first-order valence-electron chi connectivity index (χ1n) is 9.62. The molecule has 0 fully saturated rings. The zero-order chi connectivity index (χ0) is 20.3. The number of ketones is 1. The van der Waals surface area contributed by atoms with Gasteiger partial charge >= 0.3 is 0 Å². The Bertz CT molecular complexity index is 766. The molecular weight excluding hydrogens is 362 g/mol. The van der Waals surface area contributed by atoms with Gasteiger partial charge in [0.05, 0.1) is 5.71 Å². The molecule has 0 radical (unpaired) electrons. The molecule has 5 heteroatoms. The van der Waals surface area contributed by atoms with Gasteiger partial charge in [0, 0.05) is 17.4 Å². The number of benzene rings is 1. The van der Waals surface area contributed by atoms with Gasteiger partial charge < -0.3 is 9.94 Å². The van der Waals surface area contributed by atoms with Crippen LogP contribution in [0.15, 0.2) is 17.0 Å². The minimum Gasteiger partial charge on any atom is -0.511 e. The van der Waals surface area contributed by atoms with Crippen LogP contribution in [0.25, 0.3) is 0 Å². The maximum absolute atomic E-state index is 12.9. The molecule has 1 N–H and O–H groups in total. The van der Waals surface area contributed by atoms with Gasteiger partial charge in [0.25, 0.3) is 0 Å². The number of oxime groups is 1. The Morgan fingerprint density at radius 2 is 1.81 bits per heavy atom. The Morgan fingerprint density at radius 3 is 2.37 bits per heavy atom. The molecule has 0 bridgehead atoms. The van der Waals surface area contributed by atoms with Gasteiger partial charge in [-0.2, -0.15) is 0 Å². The van der Waals surface area contributed by atoms with Crippen molar-refractivity contribution < 1.29 is 14.7 Å². The van der Waals surface area contributed by atoms with Gasteiger partial charge in [0.2, 0.25) is 0 Å². The maximum Gasteiger partial charge on any atom is 0.150 e. The fraction of sp³-hybridized carbons (Fsp3) is 0.545. The summed E-state index contributed by atoms with van der Waals surface area (Å²) in [7, 11) is 0. The molecule has 1 aromatic carbocycles. The van der Waals surface area contributed by atoms with E-state index in [0.717, 1.165) is 23.1 Å². The van der Waals surface area contributed by atoms with Gasteiger partial charge in [-0.05, 0) is 74.9 Å². The Balaban J connectivity index is 2.49. The summed E-state index contributed by atoms with van der Waals surface area (Å²) in [5, 5.41) is 15.5. The molecule has 1 aromatic rings. The summed E-state index contributed by atoms with van der Waals surface area (Å²) in [4.78, 5) is 18.1. The lowest BCUT2D eigenvalue weighted by atomic mass is 9.77. The molecule has 0 aromatic heterocycles. The van der Waals surface area contributed by atoms with Crippen LogP contribution in [0.4, 0.5) is 0 Å². The van der Waals surface area contributed by atoms with Crippen molar-refractivity contribution >= 4 is 23.1 Å². The van der Waals surface area contributed by atoms with Crippen LogP contribution in [0.3, 0.4) is 0 Å². The fourth-order valence-electron chi connectivity index (χ4n) is 3.79. The van der Waals surface area contributed by atoms with Gasteiger partial charge in [0.15, 0.2) is 0 Å². The highest BCUT2D eigenvalue weighted by Gasteiger charge is 2.36. The number of halogens is 1. The molecule has 4 nitrogen and oxygen atoms in total. The number of carbonyl (C=O) groups excluding carboxylic acids is 1. The van der Waals surface area contributed by atoms with Crippen LogP contribution in [0, 0.1) is 33.6 Å². The summed E-state index contributed by atoms with van der Waals surface area (Å²) < 4.78 is 0. The fourth-order valence-corrected chi connectivity index (χ4v) is 4.21. The third-order valence-electron chi connectivity index (χ3n) is 5.59. The van der Waals surface area contributed by atoms with Gasteiger partial charge in [-0.3, -0.25) is 4.79 Å². The molecule has 1 aliphatic rings. The average Bonchev–Trinajstić information content (AvgIpc) is 2.62. The first kappa shape index (κ1) is 21.5. The van der Waals surface area contributed by atoms with Crippen LogP contribution in [0.1, 0.15) is 66.8 Å². The number of carbonyl (C=O) groups is 1.